The molecule has 0 saturated carbocycles. The highest BCUT2D eigenvalue weighted by Gasteiger charge is 2.05. The Morgan fingerprint density at radius 1 is 1.43 bits per heavy atom. The van der Waals surface area contributed by atoms with E-state index in [1.807, 2.05) is 18.4 Å². The first kappa shape index (κ1) is 9.38. The van der Waals surface area contributed by atoms with Gasteiger partial charge in [0.15, 0.2) is 0 Å². The Bertz CT molecular complexity index is 523. The molecule has 0 amide bonds. The lowest BCUT2D eigenvalue weighted by Gasteiger charge is -1.95. The first-order valence-electron chi connectivity index (χ1n) is 4.01. The Morgan fingerprint density at radius 3 is 2.86 bits per heavy atom. The van der Waals surface area contributed by atoms with E-state index in [1.165, 1.54) is 4.21 Å². The lowest BCUT2D eigenvalue weighted by Crippen LogP contribution is -1.88. The highest BCUT2D eigenvalue weighted by molar-refractivity contribution is 8.00. The molecule has 0 aliphatic carbocycles. The van der Waals surface area contributed by atoms with Crippen molar-refractivity contribution < 1.29 is 0 Å². The molecule has 2 aromatic rings. The number of hydrogen-bond donors (Lipinski definition) is 1. The van der Waals surface area contributed by atoms with Crippen molar-refractivity contribution in [1.29, 1.82) is 5.26 Å². The number of anilines is 1. The fourth-order valence-electron chi connectivity index (χ4n) is 1.28. The third kappa shape index (κ3) is 1.45. The zero-order chi connectivity index (χ0) is 10.1. The van der Waals surface area contributed by atoms with E-state index in [1.54, 1.807) is 23.1 Å². The van der Waals surface area contributed by atoms with Crippen molar-refractivity contribution in [2.75, 3.05) is 12.0 Å². The maximum atomic E-state index is 8.81. The van der Waals surface area contributed by atoms with Crippen LogP contribution in [0.5, 0.6) is 0 Å². The molecule has 70 valence electrons. The van der Waals surface area contributed by atoms with Crippen molar-refractivity contribution in [2.45, 2.75) is 4.21 Å². The standard InChI is InChI=1S/C10H8N2S2/c1-13-10-4-6-2-8(12)7(5-11)3-9(6)14-10/h2-4H,12H2,1H3. The number of nitriles is 1. The van der Waals surface area contributed by atoms with Crippen LogP contribution in [0.3, 0.4) is 0 Å². The van der Waals surface area contributed by atoms with Gasteiger partial charge in [0.05, 0.1) is 15.5 Å². The van der Waals surface area contributed by atoms with Crippen molar-refractivity contribution >= 4 is 38.9 Å². The van der Waals surface area contributed by atoms with Gasteiger partial charge < -0.3 is 5.73 Å². The van der Waals surface area contributed by atoms with Crippen LogP contribution in [0.4, 0.5) is 5.69 Å². The SMILES string of the molecule is CSc1cc2cc(N)c(C#N)cc2s1. The minimum atomic E-state index is 0.561. The van der Waals surface area contributed by atoms with Crippen molar-refractivity contribution in [3.8, 4) is 6.07 Å². The summed E-state index contributed by atoms with van der Waals surface area (Å²) in [6.07, 6.45) is 2.04. The number of rotatable bonds is 1. The van der Waals surface area contributed by atoms with Gasteiger partial charge in [-0.25, -0.2) is 0 Å². The molecule has 0 fully saturated rings. The smallest absolute Gasteiger partial charge is 0.101 e. The molecule has 1 aromatic carbocycles. The molecule has 4 heteroatoms. The van der Waals surface area contributed by atoms with Gasteiger partial charge in [-0.2, -0.15) is 5.26 Å². The second kappa shape index (κ2) is 3.52. The quantitative estimate of drug-likeness (QED) is 0.593. The van der Waals surface area contributed by atoms with E-state index in [4.69, 9.17) is 11.0 Å². The van der Waals surface area contributed by atoms with E-state index >= 15 is 0 Å². The summed E-state index contributed by atoms with van der Waals surface area (Å²) < 4.78 is 2.37. The normalized spacial score (nSPS) is 10.3. The molecule has 2 nitrogen and oxygen atoms in total. The summed E-state index contributed by atoms with van der Waals surface area (Å²) >= 11 is 3.40. The monoisotopic (exact) mass is 220 g/mol. The van der Waals surface area contributed by atoms with Crippen molar-refractivity contribution in [1.82, 2.24) is 0 Å². The third-order valence-corrected chi connectivity index (χ3v) is 4.15. The summed E-state index contributed by atoms with van der Waals surface area (Å²) in [6, 6.07) is 7.91. The van der Waals surface area contributed by atoms with Gasteiger partial charge in [-0.1, -0.05) is 0 Å². The topological polar surface area (TPSA) is 49.8 Å². The Kier molecular flexibility index (Phi) is 2.36. The van der Waals surface area contributed by atoms with Crippen LogP contribution in [0.15, 0.2) is 22.4 Å². The van der Waals surface area contributed by atoms with E-state index in [2.05, 4.69) is 12.1 Å². The first-order chi connectivity index (χ1) is 6.74. The number of fused-ring (bicyclic) bond motifs is 1. The average molecular weight is 220 g/mol. The fraction of sp³-hybridized carbons (Fsp3) is 0.100. The minimum Gasteiger partial charge on any atom is -0.398 e. The summed E-state index contributed by atoms with van der Waals surface area (Å²) in [6.45, 7) is 0. The van der Waals surface area contributed by atoms with Crippen molar-refractivity contribution in [3.63, 3.8) is 0 Å². The number of hydrogen-bond acceptors (Lipinski definition) is 4. The maximum absolute atomic E-state index is 8.81. The van der Waals surface area contributed by atoms with Crippen LogP contribution in [0, 0.1) is 11.3 Å². The molecule has 1 heterocycles. The van der Waals surface area contributed by atoms with Crippen molar-refractivity contribution in [3.05, 3.63) is 23.8 Å². The van der Waals surface area contributed by atoms with Crippen LogP contribution in [-0.2, 0) is 0 Å². The molecule has 2 N–H and O–H groups in total. The lowest BCUT2D eigenvalue weighted by atomic mass is 10.1. The van der Waals surface area contributed by atoms with Crippen LogP contribution in [0.1, 0.15) is 5.56 Å². The molecule has 0 saturated heterocycles. The van der Waals surface area contributed by atoms with E-state index in [-0.39, 0.29) is 0 Å². The van der Waals surface area contributed by atoms with Crippen LogP contribution in [0.25, 0.3) is 10.1 Å². The molecule has 2 rings (SSSR count). The van der Waals surface area contributed by atoms with Crippen molar-refractivity contribution in [2.24, 2.45) is 0 Å². The molecule has 0 aliphatic rings. The van der Waals surface area contributed by atoms with E-state index in [9.17, 15) is 0 Å². The van der Waals surface area contributed by atoms with E-state index in [0.717, 1.165) is 10.1 Å². The third-order valence-electron chi connectivity index (χ3n) is 1.99. The van der Waals surface area contributed by atoms with Gasteiger partial charge >= 0.3 is 0 Å². The van der Waals surface area contributed by atoms with Gasteiger partial charge in [-0.3, -0.25) is 0 Å². The van der Waals surface area contributed by atoms with Gasteiger partial charge in [0.2, 0.25) is 0 Å². The number of nitrogens with zero attached hydrogens (tertiary/aromatic N) is 1. The Labute approximate surface area is 90.3 Å². The second-order valence-corrected chi connectivity index (χ2v) is 5.05. The van der Waals surface area contributed by atoms with Gasteiger partial charge in [0.1, 0.15) is 6.07 Å². The molecular formula is C10H8N2S2. The summed E-state index contributed by atoms with van der Waals surface area (Å²) in [5.74, 6) is 0. The molecular weight excluding hydrogens is 212 g/mol. The zero-order valence-corrected chi connectivity index (χ0v) is 9.21. The van der Waals surface area contributed by atoms with E-state index in [0.29, 0.717) is 11.3 Å². The summed E-state index contributed by atoms with van der Waals surface area (Å²) in [7, 11) is 0. The molecule has 0 aliphatic heterocycles. The second-order valence-electron chi connectivity index (χ2n) is 2.86. The number of thioether (sulfide) groups is 1. The van der Waals surface area contributed by atoms with E-state index < -0.39 is 0 Å². The van der Waals surface area contributed by atoms with Crippen LogP contribution in [-0.4, -0.2) is 6.26 Å². The van der Waals surface area contributed by atoms with Crippen LogP contribution >= 0.6 is 23.1 Å². The number of benzene rings is 1. The molecule has 0 unspecified atom stereocenters. The molecule has 0 radical (unpaired) electrons. The van der Waals surface area contributed by atoms with Gasteiger partial charge in [0.25, 0.3) is 0 Å². The Hall–Kier alpha value is -1.18. The zero-order valence-electron chi connectivity index (χ0n) is 7.57. The Balaban J connectivity index is 2.71. The largest absolute Gasteiger partial charge is 0.398 e. The van der Waals surface area contributed by atoms with Crippen LogP contribution in [0.2, 0.25) is 0 Å². The highest BCUT2D eigenvalue weighted by Crippen LogP contribution is 2.33. The van der Waals surface area contributed by atoms with Crippen LogP contribution < -0.4 is 5.73 Å². The fourth-order valence-corrected chi connectivity index (χ4v) is 2.94. The van der Waals surface area contributed by atoms with Gasteiger partial charge in [-0.05, 0) is 29.8 Å². The first-order valence-corrected chi connectivity index (χ1v) is 6.06. The number of nitrogen functional groups attached to an aromatic ring is 1. The highest BCUT2D eigenvalue weighted by atomic mass is 32.2. The van der Waals surface area contributed by atoms with Gasteiger partial charge in [0, 0.05) is 4.70 Å². The molecule has 0 atom stereocenters. The summed E-state index contributed by atoms with van der Waals surface area (Å²) in [4.78, 5) is 0. The Morgan fingerprint density at radius 2 is 2.21 bits per heavy atom. The average Bonchev–Trinajstić information content (AvgIpc) is 2.58. The number of nitrogens with two attached hydrogens (primary N) is 1. The predicted octanol–water partition coefficient (Wildman–Crippen LogP) is 3.08. The molecule has 1 aromatic heterocycles. The molecule has 14 heavy (non-hydrogen) atoms. The van der Waals surface area contributed by atoms with Gasteiger partial charge in [-0.15, -0.1) is 23.1 Å². The maximum Gasteiger partial charge on any atom is 0.101 e. The number of thiophene rings is 1. The summed E-state index contributed by atoms with van der Waals surface area (Å²) in [5, 5.41) is 9.93. The molecule has 0 spiro atoms. The lowest BCUT2D eigenvalue weighted by molar-refractivity contribution is 1.50. The predicted molar refractivity (Wildman–Crippen MR) is 62.7 cm³/mol. The molecule has 0 bridgehead atoms. The summed E-state index contributed by atoms with van der Waals surface area (Å²) in [5.41, 5.74) is 6.85. The minimum absolute atomic E-state index is 0.561.